The van der Waals surface area contributed by atoms with Crippen molar-refractivity contribution in [2.45, 2.75) is 289 Å². The van der Waals surface area contributed by atoms with Gasteiger partial charge in [-0.15, -0.1) is 0 Å². The van der Waals surface area contributed by atoms with Crippen LogP contribution in [0.5, 0.6) is 0 Å². The number of carbonyl (C=O) groups is 1. The average Bonchev–Trinajstić information content (AvgIpc) is 3.11. The maximum atomic E-state index is 17.1. The molecule has 3 aromatic rings. The largest absolute Gasteiger partial charge is 0.401 e. The Bertz CT molecular complexity index is 2040. The minimum Gasteiger partial charge on any atom is -0.401 e. The van der Waals surface area contributed by atoms with Gasteiger partial charge in [-0.05, 0) is 165 Å². The first kappa shape index (κ1) is 54.8. The molecule has 0 aromatic heterocycles. The normalized spacial score (nSPS) is 22.5. The molecule has 3 aromatic carbocycles. The SMILES string of the molecule is CC(C)(C)c1cc(C(C)(C)C)c(S(OC(=O)C23CC4CC(CC(C4)C2)C3)(c2c(C(C)(C)C)cc(C(C)(C)C)cc2C(C)(C)C)c2c(C(C)(C)C)cc(C(C)(C)C)cc2C(C)(C)C)c(C(C)(C)C)c1. The molecule has 4 aliphatic rings. The summed E-state index contributed by atoms with van der Waals surface area (Å²) in [5, 5.41) is 0. The third-order valence-electron chi connectivity index (χ3n) is 16.2. The van der Waals surface area contributed by atoms with E-state index in [0.29, 0.717) is 17.8 Å². The first-order chi connectivity index (χ1) is 30.2. The molecule has 0 heterocycles. The molecule has 0 radical (unpaired) electrons. The standard InChI is InChI=1S/C65H102O2S/c1-56(2,3)43-31-46(59(10,11)12)52(47(32-43)60(13,14)15)68(67-55(66)65-37-40-28-41(38-65)30-42(29-40)39-65,53-48(61(16,17)18)33-44(57(4,5)6)34-49(53)62(19,20)21)54-50(63(22,23)24)35-45(58(7,8)9)36-51(54)64(25,26)27/h31-36,40-42H,28-30,37-39H2,1-27H3. The molecule has 0 unspecified atom stereocenters. The highest BCUT2D eigenvalue weighted by Crippen LogP contribution is 2.79. The first-order valence-corrected chi connectivity index (χ1v) is 28.4. The van der Waals surface area contributed by atoms with Crippen LogP contribution < -0.4 is 0 Å². The Morgan fingerprint density at radius 1 is 0.368 bits per heavy atom. The minimum atomic E-state index is -3.04. The second-order valence-corrected chi connectivity index (χ2v) is 34.6. The lowest BCUT2D eigenvalue weighted by Gasteiger charge is -2.57. The second-order valence-electron chi connectivity index (χ2n) is 32.1. The van der Waals surface area contributed by atoms with Crippen molar-refractivity contribution in [1.29, 1.82) is 0 Å². The summed E-state index contributed by atoms with van der Waals surface area (Å²) < 4.78 is 8.72. The number of hydrogen-bond acceptors (Lipinski definition) is 2. The Kier molecular flexibility index (Phi) is 13.5. The zero-order valence-electron chi connectivity index (χ0n) is 49.2. The van der Waals surface area contributed by atoms with Crippen LogP contribution in [-0.4, -0.2) is 5.97 Å². The quantitative estimate of drug-likeness (QED) is 0.255. The van der Waals surface area contributed by atoms with E-state index in [2.05, 4.69) is 223 Å². The third kappa shape index (κ3) is 10.3. The highest BCUT2D eigenvalue weighted by atomic mass is 32.3. The summed E-state index contributed by atoms with van der Waals surface area (Å²) in [5.41, 5.74) is 9.13. The fourth-order valence-electron chi connectivity index (χ4n) is 12.5. The maximum Gasteiger partial charge on any atom is 0.323 e. The molecule has 2 nitrogen and oxygen atoms in total. The van der Waals surface area contributed by atoms with Gasteiger partial charge in [0.15, 0.2) is 0 Å². The lowest BCUT2D eigenvalue weighted by molar-refractivity contribution is -0.160. The van der Waals surface area contributed by atoms with Crippen molar-refractivity contribution in [2.24, 2.45) is 23.2 Å². The molecule has 4 bridgehead atoms. The first-order valence-electron chi connectivity index (χ1n) is 26.9. The molecule has 4 saturated carbocycles. The van der Waals surface area contributed by atoms with Crippen molar-refractivity contribution >= 4 is 16.3 Å². The molecular formula is C65H102O2S. The van der Waals surface area contributed by atoms with E-state index in [0.717, 1.165) is 19.3 Å². The molecule has 0 amide bonds. The van der Waals surface area contributed by atoms with Crippen molar-refractivity contribution < 1.29 is 8.98 Å². The molecule has 4 aliphatic carbocycles. The van der Waals surface area contributed by atoms with Gasteiger partial charge in [-0.3, -0.25) is 4.79 Å². The van der Waals surface area contributed by atoms with Crippen LogP contribution in [0.1, 0.15) is 276 Å². The molecule has 0 spiro atoms. The van der Waals surface area contributed by atoms with Crippen LogP contribution >= 0.6 is 10.3 Å². The van der Waals surface area contributed by atoms with Gasteiger partial charge < -0.3 is 4.18 Å². The van der Waals surface area contributed by atoms with Crippen LogP contribution in [0.4, 0.5) is 0 Å². The van der Waals surface area contributed by atoms with Crippen LogP contribution in [0.2, 0.25) is 0 Å². The predicted molar refractivity (Wildman–Crippen MR) is 297 cm³/mol. The molecule has 3 heteroatoms. The van der Waals surface area contributed by atoms with E-state index < -0.39 is 15.7 Å². The minimum absolute atomic E-state index is 0.0745. The van der Waals surface area contributed by atoms with Crippen molar-refractivity contribution in [1.82, 2.24) is 0 Å². The monoisotopic (exact) mass is 947 g/mol. The Labute approximate surface area is 421 Å². The van der Waals surface area contributed by atoms with Gasteiger partial charge in [0, 0.05) is 14.7 Å². The molecular weight excluding hydrogens is 845 g/mol. The topological polar surface area (TPSA) is 26.3 Å². The molecule has 380 valence electrons. The molecule has 0 saturated heterocycles. The number of hydrogen-bond donors (Lipinski definition) is 0. The number of carbonyl (C=O) groups excluding carboxylic acids is 1. The van der Waals surface area contributed by atoms with Gasteiger partial charge in [-0.1, -0.05) is 223 Å². The van der Waals surface area contributed by atoms with Crippen LogP contribution in [-0.2, 0) is 57.7 Å². The Hall–Kier alpha value is -2.52. The third-order valence-corrected chi connectivity index (χ3v) is 19.7. The van der Waals surface area contributed by atoms with Crippen LogP contribution in [0.15, 0.2) is 51.1 Å². The highest BCUT2D eigenvalue weighted by molar-refractivity contribution is 8.30. The molecule has 4 fully saturated rings. The summed E-state index contributed by atoms with van der Waals surface area (Å²) in [6.07, 6.45) is 6.68. The highest BCUT2D eigenvalue weighted by Gasteiger charge is 2.59. The smallest absolute Gasteiger partial charge is 0.323 e. The van der Waals surface area contributed by atoms with E-state index in [-0.39, 0.29) is 54.7 Å². The molecule has 0 atom stereocenters. The van der Waals surface area contributed by atoms with Crippen molar-refractivity contribution in [3.8, 4) is 0 Å². The summed E-state index contributed by atoms with van der Waals surface area (Å²) in [7, 11) is -3.04. The lowest BCUT2D eigenvalue weighted by Crippen LogP contribution is -2.51. The van der Waals surface area contributed by atoms with Crippen LogP contribution in [0.25, 0.3) is 0 Å². The van der Waals surface area contributed by atoms with E-state index in [9.17, 15) is 0 Å². The lowest BCUT2D eigenvalue weighted by atomic mass is 9.49. The van der Waals surface area contributed by atoms with Gasteiger partial charge >= 0.3 is 5.97 Å². The Balaban J connectivity index is 2.13. The number of benzene rings is 3. The maximum absolute atomic E-state index is 17.1. The summed E-state index contributed by atoms with van der Waals surface area (Å²) in [6, 6.07) is 15.4. The Morgan fingerprint density at radius 2 is 0.559 bits per heavy atom. The van der Waals surface area contributed by atoms with E-state index in [1.54, 1.807) is 0 Å². The fourth-order valence-corrected chi connectivity index (χ4v) is 17.8. The Morgan fingerprint density at radius 3 is 0.721 bits per heavy atom. The van der Waals surface area contributed by atoms with Gasteiger partial charge in [-0.2, -0.15) is 0 Å². The van der Waals surface area contributed by atoms with Crippen LogP contribution in [0.3, 0.4) is 0 Å². The zero-order valence-corrected chi connectivity index (χ0v) is 50.0. The van der Waals surface area contributed by atoms with Gasteiger partial charge in [0.1, 0.15) is 0 Å². The van der Waals surface area contributed by atoms with Crippen molar-refractivity contribution in [3.05, 3.63) is 86.5 Å². The summed E-state index contributed by atoms with van der Waals surface area (Å²) >= 11 is 0. The molecule has 7 rings (SSSR count). The van der Waals surface area contributed by atoms with Gasteiger partial charge in [-0.25, -0.2) is 0 Å². The van der Waals surface area contributed by atoms with E-state index in [1.165, 1.54) is 84.0 Å². The molecule has 0 aliphatic heterocycles. The summed E-state index contributed by atoms with van der Waals surface area (Å²) in [4.78, 5) is 20.9. The zero-order chi connectivity index (χ0) is 51.9. The van der Waals surface area contributed by atoms with Gasteiger partial charge in [0.25, 0.3) is 0 Å². The van der Waals surface area contributed by atoms with Gasteiger partial charge in [0.2, 0.25) is 0 Å². The van der Waals surface area contributed by atoms with Crippen molar-refractivity contribution in [3.63, 3.8) is 0 Å². The molecule has 0 N–H and O–H groups in total. The van der Waals surface area contributed by atoms with E-state index >= 15 is 4.79 Å². The van der Waals surface area contributed by atoms with Crippen LogP contribution in [0, 0.1) is 23.2 Å². The van der Waals surface area contributed by atoms with E-state index in [4.69, 9.17) is 4.18 Å². The number of rotatable bonds is 5. The summed E-state index contributed by atoms with van der Waals surface area (Å²) in [6.45, 7) is 64.9. The second kappa shape index (κ2) is 16.8. The van der Waals surface area contributed by atoms with E-state index in [1.807, 2.05) is 0 Å². The van der Waals surface area contributed by atoms with Gasteiger partial charge in [0.05, 0.1) is 5.41 Å². The molecule has 68 heavy (non-hydrogen) atoms. The fraction of sp³-hybridized carbons (Fsp3) is 0.708. The summed E-state index contributed by atoms with van der Waals surface area (Å²) in [5.74, 6) is 1.87. The predicted octanol–water partition coefficient (Wildman–Crippen LogP) is 19.3. The average molecular weight is 948 g/mol. The van der Waals surface area contributed by atoms with Crippen molar-refractivity contribution in [2.75, 3.05) is 0 Å².